The third-order valence-electron chi connectivity index (χ3n) is 3.56. The Morgan fingerprint density at radius 3 is 2.38 bits per heavy atom. The largest absolute Gasteiger partial charge is 0.474 e. The number of nitrogens with zero attached hydrogens (tertiary/aromatic N) is 2. The van der Waals surface area contributed by atoms with Crippen molar-refractivity contribution in [3.8, 4) is 5.75 Å². The molecule has 0 heterocycles. The maximum absolute atomic E-state index is 12.4. The maximum Gasteiger partial charge on any atom is 0.310 e. The van der Waals surface area contributed by atoms with Crippen molar-refractivity contribution < 1.29 is 19.2 Å². The summed E-state index contributed by atoms with van der Waals surface area (Å²) in [6, 6.07) is 12.4. The second-order valence-corrected chi connectivity index (χ2v) is 5.72. The van der Waals surface area contributed by atoms with Crippen molar-refractivity contribution in [3.63, 3.8) is 0 Å². The van der Waals surface area contributed by atoms with Crippen molar-refractivity contribution in [1.29, 1.82) is 0 Å². The molecule has 2 aromatic carbocycles. The molecule has 0 spiro atoms. The Balaban J connectivity index is 2.16. The van der Waals surface area contributed by atoms with E-state index in [0.29, 0.717) is 11.3 Å². The molecule has 1 N–H and O–H groups in total. The molecule has 0 aliphatic carbocycles. The van der Waals surface area contributed by atoms with Crippen molar-refractivity contribution in [3.05, 3.63) is 64.2 Å². The molecule has 0 bridgehead atoms. The summed E-state index contributed by atoms with van der Waals surface area (Å²) in [6.07, 6.45) is -1.00. The van der Waals surface area contributed by atoms with E-state index in [0.717, 1.165) is 0 Å². The number of nitro groups is 1. The molecule has 0 aliphatic heterocycles. The standard InChI is InChI=1S/C18H19N3O5/c1-12(26-16-11-7-6-10-15(16)21(24)25)17(22)19-14-9-5-4-8-13(14)18(23)20(2)3/h4-12H,1-3H3,(H,19,22)/t12-/m1/s1. The van der Waals surface area contributed by atoms with E-state index < -0.39 is 16.9 Å². The van der Waals surface area contributed by atoms with Gasteiger partial charge in [0, 0.05) is 20.2 Å². The molecular formula is C18H19N3O5. The number of anilines is 1. The molecule has 2 amide bonds. The van der Waals surface area contributed by atoms with E-state index >= 15 is 0 Å². The molecular weight excluding hydrogens is 338 g/mol. The van der Waals surface area contributed by atoms with Crippen molar-refractivity contribution in [2.45, 2.75) is 13.0 Å². The number of amides is 2. The topological polar surface area (TPSA) is 102 Å². The first-order valence-corrected chi connectivity index (χ1v) is 7.83. The predicted octanol–water partition coefficient (Wildman–Crippen LogP) is 2.70. The Hall–Kier alpha value is -3.42. The van der Waals surface area contributed by atoms with Gasteiger partial charge in [-0.3, -0.25) is 19.7 Å². The van der Waals surface area contributed by atoms with Crippen LogP contribution in [0.3, 0.4) is 0 Å². The van der Waals surface area contributed by atoms with Crippen LogP contribution >= 0.6 is 0 Å². The molecule has 0 aromatic heterocycles. The minimum absolute atomic E-state index is 0.00203. The van der Waals surface area contributed by atoms with Gasteiger partial charge in [0.2, 0.25) is 0 Å². The van der Waals surface area contributed by atoms with Gasteiger partial charge in [-0.1, -0.05) is 24.3 Å². The molecule has 0 saturated heterocycles. The quantitative estimate of drug-likeness (QED) is 0.632. The van der Waals surface area contributed by atoms with Crippen LogP contribution in [0.2, 0.25) is 0 Å². The molecule has 0 fully saturated rings. The van der Waals surface area contributed by atoms with E-state index in [2.05, 4.69) is 5.32 Å². The number of hydrogen-bond acceptors (Lipinski definition) is 5. The van der Waals surface area contributed by atoms with Gasteiger partial charge in [0.15, 0.2) is 11.9 Å². The highest BCUT2D eigenvalue weighted by atomic mass is 16.6. The minimum atomic E-state index is -1.00. The number of ether oxygens (including phenoxy) is 1. The van der Waals surface area contributed by atoms with Gasteiger partial charge in [-0.15, -0.1) is 0 Å². The average molecular weight is 357 g/mol. The molecule has 0 unspecified atom stereocenters. The van der Waals surface area contributed by atoms with E-state index in [-0.39, 0.29) is 17.3 Å². The third-order valence-corrected chi connectivity index (χ3v) is 3.56. The highest BCUT2D eigenvalue weighted by molar-refractivity contribution is 6.04. The molecule has 2 rings (SSSR count). The molecule has 0 radical (unpaired) electrons. The normalized spacial score (nSPS) is 11.3. The van der Waals surface area contributed by atoms with E-state index in [4.69, 9.17) is 4.74 Å². The first kappa shape index (κ1) is 18.9. The first-order chi connectivity index (χ1) is 12.3. The number of para-hydroxylation sites is 3. The maximum atomic E-state index is 12.4. The lowest BCUT2D eigenvalue weighted by Crippen LogP contribution is -2.31. The van der Waals surface area contributed by atoms with Crippen LogP contribution in [0, 0.1) is 10.1 Å². The van der Waals surface area contributed by atoms with Crippen LogP contribution in [0.15, 0.2) is 48.5 Å². The van der Waals surface area contributed by atoms with Crippen LogP contribution in [0.25, 0.3) is 0 Å². The highest BCUT2D eigenvalue weighted by Crippen LogP contribution is 2.27. The summed E-state index contributed by atoms with van der Waals surface area (Å²) in [4.78, 5) is 36.5. The van der Waals surface area contributed by atoms with Crippen molar-refractivity contribution in [2.24, 2.45) is 0 Å². The number of nitrogens with one attached hydrogen (secondary N) is 1. The van der Waals surface area contributed by atoms with Crippen LogP contribution in [-0.2, 0) is 4.79 Å². The van der Waals surface area contributed by atoms with Crippen molar-refractivity contribution in [2.75, 3.05) is 19.4 Å². The van der Waals surface area contributed by atoms with Crippen LogP contribution in [-0.4, -0.2) is 41.8 Å². The fraction of sp³-hybridized carbons (Fsp3) is 0.222. The van der Waals surface area contributed by atoms with Crippen LogP contribution in [0.4, 0.5) is 11.4 Å². The van der Waals surface area contributed by atoms with E-state index in [9.17, 15) is 19.7 Å². The molecule has 26 heavy (non-hydrogen) atoms. The number of carbonyl (C=O) groups excluding carboxylic acids is 2. The number of benzene rings is 2. The van der Waals surface area contributed by atoms with Gasteiger partial charge in [-0.25, -0.2) is 0 Å². The van der Waals surface area contributed by atoms with E-state index in [1.807, 2.05) is 0 Å². The fourth-order valence-corrected chi connectivity index (χ4v) is 2.21. The summed E-state index contributed by atoms with van der Waals surface area (Å²) in [5.74, 6) is -0.784. The second-order valence-electron chi connectivity index (χ2n) is 5.72. The molecule has 0 aliphatic rings. The monoisotopic (exact) mass is 357 g/mol. The minimum Gasteiger partial charge on any atom is -0.474 e. The van der Waals surface area contributed by atoms with Crippen LogP contribution in [0.5, 0.6) is 5.75 Å². The highest BCUT2D eigenvalue weighted by Gasteiger charge is 2.22. The Morgan fingerprint density at radius 1 is 1.12 bits per heavy atom. The fourth-order valence-electron chi connectivity index (χ4n) is 2.21. The lowest BCUT2D eigenvalue weighted by atomic mass is 10.1. The van der Waals surface area contributed by atoms with Crippen LogP contribution in [0.1, 0.15) is 17.3 Å². The van der Waals surface area contributed by atoms with E-state index in [1.165, 1.54) is 30.0 Å². The van der Waals surface area contributed by atoms with Gasteiger partial charge in [0.25, 0.3) is 11.8 Å². The zero-order valence-corrected chi connectivity index (χ0v) is 14.6. The van der Waals surface area contributed by atoms with Gasteiger partial charge < -0.3 is 15.0 Å². The summed E-state index contributed by atoms with van der Waals surface area (Å²) < 4.78 is 5.44. The Morgan fingerprint density at radius 2 is 1.73 bits per heavy atom. The lowest BCUT2D eigenvalue weighted by Gasteiger charge is -2.17. The molecule has 2 aromatic rings. The first-order valence-electron chi connectivity index (χ1n) is 7.83. The average Bonchev–Trinajstić information content (AvgIpc) is 2.61. The van der Waals surface area contributed by atoms with Crippen molar-refractivity contribution in [1.82, 2.24) is 4.90 Å². The summed E-state index contributed by atoms with van der Waals surface area (Å²) in [7, 11) is 3.22. The lowest BCUT2D eigenvalue weighted by molar-refractivity contribution is -0.386. The SMILES string of the molecule is C[C@@H](Oc1ccccc1[N+](=O)[O-])C(=O)Nc1ccccc1C(=O)N(C)C. The number of carbonyl (C=O) groups is 2. The van der Waals surface area contributed by atoms with Crippen molar-refractivity contribution >= 4 is 23.2 Å². The molecule has 8 heteroatoms. The van der Waals surface area contributed by atoms with Gasteiger partial charge >= 0.3 is 5.69 Å². The number of nitro benzene ring substituents is 1. The second kappa shape index (κ2) is 8.11. The summed E-state index contributed by atoms with van der Waals surface area (Å²) in [5, 5.41) is 13.7. The Kier molecular flexibility index (Phi) is 5.90. The zero-order valence-electron chi connectivity index (χ0n) is 14.6. The smallest absolute Gasteiger partial charge is 0.310 e. The summed E-state index contributed by atoms with van der Waals surface area (Å²) in [5.41, 5.74) is 0.452. The molecule has 1 atom stereocenters. The van der Waals surface area contributed by atoms with Gasteiger partial charge in [0.1, 0.15) is 0 Å². The summed E-state index contributed by atoms with van der Waals surface area (Å²) in [6.45, 7) is 1.47. The number of rotatable bonds is 6. The molecule has 8 nitrogen and oxygen atoms in total. The Bertz CT molecular complexity index is 835. The third kappa shape index (κ3) is 4.35. The summed E-state index contributed by atoms with van der Waals surface area (Å²) >= 11 is 0. The number of hydrogen-bond donors (Lipinski definition) is 1. The van der Waals surface area contributed by atoms with E-state index in [1.54, 1.807) is 44.4 Å². The zero-order chi connectivity index (χ0) is 19.3. The van der Waals surface area contributed by atoms with Crippen LogP contribution < -0.4 is 10.1 Å². The molecule has 0 saturated carbocycles. The van der Waals surface area contributed by atoms with Gasteiger partial charge in [-0.05, 0) is 25.1 Å². The molecule has 136 valence electrons. The van der Waals surface area contributed by atoms with Gasteiger partial charge in [-0.2, -0.15) is 0 Å². The predicted molar refractivity (Wildman–Crippen MR) is 96.3 cm³/mol. The van der Waals surface area contributed by atoms with Gasteiger partial charge in [0.05, 0.1) is 16.2 Å². The Labute approximate surface area is 150 Å².